The Labute approximate surface area is 190 Å². The molecule has 0 amide bonds. The van der Waals surface area contributed by atoms with Gasteiger partial charge in [-0.05, 0) is 42.0 Å². The Morgan fingerprint density at radius 2 is 1.48 bits per heavy atom. The molecule has 0 aliphatic rings. The molecule has 4 rings (SSSR count). The monoisotopic (exact) mass is 439 g/mol. The van der Waals surface area contributed by atoms with Gasteiger partial charge >= 0.3 is 5.69 Å². The van der Waals surface area contributed by atoms with Gasteiger partial charge in [-0.2, -0.15) is 10.2 Å². The van der Waals surface area contributed by atoms with Crippen LogP contribution in [0.3, 0.4) is 0 Å². The molecule has 0 unspecified atom stereocenters. The maximum absolute atomic E-state index is 11.9. The molecule has 4 aromatic rings. The molecule has 0 spiro atoms. The lowest BCUT2D eigenvalue weighted by atomic mass is 10.2. The van der Waals surface area contributed by atoms with Gasteiger partial charge in [-0.25, -0.2) is 9.97 Å². The quantitative estimate of drug-likeness (QED) is 0.199. The minimum absolute atomic E-state index is 0.114. The van der Waals surface area contributed by atoms with Crippen LogP contribution in [-0.2, 0) is 6.54 Å². The normalized spacial score (nSPS) is 10.8. The fraction of sp³-hybridized carbons (Fsp3) is 0.0833. The van der Waals surface area contributed by atoms with Gasteiger partial charge in [0.05, 0.1) is 16.3 Å². The van der Waals surface area contributed by atoms with Crippen molar-refractivity contribution < 1.29 is 4.92 Å². The van der Waals surface area contributed by atoms with E-state index in [4.69, 9.17) is 0 Å². The summed E-state index contributed by atoms with van der Waals surface area (Å²) >= 11 is 0. The van der Waals surface area contributed by atoms with Crippen molar-refractivity contribution in [2.75, 3.05) is 17.3 Å². The lowest BCUT2D eigenvalue weighted by molar-refractivity contribution is -0.383. The van der Waals surface area contributed by atoms with Crippen LogP contribution < -0.4 is 10.2 Å². The second kappa shape index (κ2) is 10.1. The average molecular weight is 439 g/mol. The third kappa shape index (κ3) is 5.53. The summed E-state index contributed by atoms with van der Waals surface area (Å²) in [6.45, 7) is 0.471. The Morgan fingerprint density at radius 1 is 0.879 bits per heavy atom. The molecule has 0 aliphatic carbocycles. The Morgan fingerprint density at radius 3 is 2.12 bits per heavy atom. The summed E-state index contributed by atoms with van der Waals surface area (Å²) in [6, 6.07) is 26.2. The van der Waals surface area contributed by atoms with Gasteiger partial charge in [0.2, 0.25) is 11.6 Å². The molecule has 164 valence electrons. The lowest BCUT2D eigenvalue weighted by Crippen LogP contribution is -2.20. The van der Waals surface area contributed by atoms with Crippen LogP contribution in [0.15, 0.2) is 101 Å². The van der Waals surface area contributed by atoms with E-state index in [1.165, 1.54) is 6.33 Å². The summed E-state index contributed by atoms with van der Waals surface area (Å²) in [4.78, 5) is 21.4. The number of anilines is 3. The molecule has 33 heavy (non-hydrogen) atoms. The van der Waals surface area contributed by atoms with Crippen LogP contribution >= 0.6 is 0 Å². The summed E-state index contributed by atoms with van der Waals surface area (Å²) in [7, 11) is 1.76. The second-order valence-corrected chi connectivity index (χ2v) is 7.20. The third-order valence-corrected chi connectivity index (χ3v) is 4.78. The fourth-order valence-electron chi connectivity index (χ4n) is 3.20. The van der Waals surface area contributed by atoms with Crippen molar-refractivity contribution in [1.82, 2.24) is 9.97 Å². The van der Waals surface area contributed by atoms with Gasteiger partial charge in [0, 0.05) is 19.3 Å². The number of hydrogen-bond donors (Lipinski definition) is 1. The van der Waals surface area contributed by atoms with E-state index < -0.39 is 4.92 Å². The minimum Gasteiger partial charge on any atom is -0.349 e. The van der Waals surface area contributed by atoms with E-state index in [1.807, 2.05) is 60.7 Å². The van der Waals surface area contributed by atoms with Gasteiger partial charge in [-0.3, -0.25) is 10.1 Å². The first-order valence-electron chi connectivity index (χ1n) is 10.2. The number of aromatic nitrogens is 2. The molecular weight excluding hydrogens is 418 g/mol. The number of azo groups is 1. The highest BCUT2D eigenvalue weighted by atomic mass is 16.6. The summed E-state index contributed by atoms with van der Waals surface area (Å²) in [6.07, 6.45) is 1.31. The molecular formula is C24H21N7O2. The minimum atomic E-state index is -0.471. The van der Waals surface area contributed by atoms with E-state index in [0.717, 1.165) is 11.3 Å². The Hall–Kier alpha value is -4.66. The molecule has 1 aromatic heterocycles. The van der Waals surface area contributed by atoms with E-state index in [2.05, 4.69) is 25.5 Å². The predicted molar refractivity (Wildman–Crippen MR) is 128 cm³/mol. The van der Waals surface area contributed by atoms with Crippen molar-refractivity contribution in [3.63, 3.8) is 0 Å². The second-order valence-electron chi connectivity index (χ2n) is 7.20. The Kier molecular flexibility index (Phi) is 6.60. The number of benzene rings is 3. The first kappa shape index (κ1) is 21.6. The van der Waals surface area contributed by atoms with E-state index >= 15 is 0 Å². The molecule has 0 bridgehead atoms. The Balaban J connectivity index is 1.53. The molecule has 0 atom stereocenters. The zero-order chi connectivity index (χ0) is 23.0. The van der Waals surface area contributed by atoms with Crippen LogP contribution in [0.1, 0.15) is 5.56 Å². The van der Waals surface area contributed by atoms with Gasteiger partial charge in [0.25, 0.3) is 0 Å². The zero-order valence-electron chi connectivity index (χ0n) is 17.9. The Bertz CT molecular complexity index is 1250. The first-order valence-corrected chi connectivity index (χ1v) is 10.2. The van der Waals surface area contributed by atoms with Crippen molar-refractivity contribution in [3.8, 4) is 0 Å². The van der Waals surface area contributed by atoms with Crippen molar-refractivity contribution in [1.29, 1.82) is 0 Å². The number of rotatable bonds is 8. The molecule has 0 saturated carbocycles. The topological polar surface area (TPSA) is 109 Å². The molecule has 0 saturated heterocycles. The van der Waals surface area contributed by atoms with Crippen molar-refractivity contribution >= 4 is 34.4 Å². The average Bonchev–Trinajstić information content (AvgIpc) is 2.84. The van der Waals surface area contributed by atoms with Crippen LogP contribution in [0, 0.1) is 10.1 Å². The highest BCUT2D eigenvalue weighted by Crippen LogP contribution is 2.34. The summed E-state index contributed by atoms with van der Waals surface area (Å²) in [5, 5.41) is 23.3. The lowest BCUT2D eigenvalue weighted by Gasteiger charge is -2.19. The molecule has 3 aromatic carbocycles. The number of hydrogen-bond acceptors (Lipinski definition) is 8. The molecule has 1 N–H and O–H groups in total. The first-order chi connectivity index (χ1) is 16.1. The maximum Gasteiger partial charge on any atom is 0.353 e. The summed E-state index contributed by atoms with van der Waals surface area (Å²) in [5.41, 5.74) is 2.87. The molecule has 9 heteroatoms. The number of nitrogens with zero attached hydrogens (tertiary/aromatic N) is 6. The van der Waals surface area contributed by atoms with Crippen LogP contribution in [0.5, 0.6) is 0 Å². The van der Waals surface area contributed by atoms with Crippen LogP contribution in [0.2, 0.25) is 0 Å². The van der Waals surface area contributed by atoms with E-state index in [9.17, 15) is 10.1 Å². The van der Waals surface area contributed by atoms with Gasteiger partial charge in [-0.15, -0.1) is 0 Å². The smallest absolute Gasteiger partial charge is 0.349 e. The van der Waals surface area contributed by atoms with Crippen LogP contribution in [0.25, 0.3) is 0 Å². The maximum atomic E-state index is 11.9. The predicted octanol–water partition coefficient (Wildman–Crippen LogP) is 6.18. The molecule has 0 fully saturated rings. The van der Waals surface area contributed by atoms with Crippen molar-refractivity contribution in [3.05, 3.63) is 107 Å². The number of nitrogens with one attached hydrogen (secondary N) is 1. The highest BCUT2D eigenvalue weighted by Gasteiger charge is 2.25. The molecule has 0 radical (unpaired) electrons. The molecule has 0 aliphatic heterocycles. The van der Waals surface area contributed by atoms with Gasteiger partial charge in [0.1, 0.15) is 6.33 Å². The van der Waals surface area contributed by atoms with Crippen LogP contribution in [0.4, 0.5) is 34.4 Å². The molecule has 9 nitrogen and oxygen atoms in total. The van der Waals surface area contributed by atoms with E-state index in [-0.39, 0.29) is 17.3 Å². The third-order valence-electron chi connectivity index (χ3n) is 4.78. The van der Waals surface area contributed by atoms with E-state index in [1.54, 1.807) is 36.2 Å². The molecule has 1 heterocycles. The van der Waals surface area contributed by atoms with Gasteiger partial charge < -0.3 is 10.2 Å². The van der Waals surface area contributed by atoms with Gasteiger partial charge in [0.15, 0.2) is 0 Å². The zero-order valence-corrected chi connectivity index (χ0v) is 17.9. The van der Waals surface area contributed by atoms with Gasteiger partial charge in [-0.1, -0.05) is 48.5 Å². The highest BCUT2D eigenvalue weighted by molar-refractivity contribution is 5.74. The van der Waals surface area contributed by atoms with Crippen molar-refractivity contribution in [2.45, 2.75) is 6.54 Å². The largest absolute Gasteiger partial charge is 0.353 e. The van der Waals surface area contributed by atoms with E-state index in [0.29, 0.717) is 17.9 Å². The summed E-state index contributed by atoms with van der Waals surface area (Å²) < 4.78 is 0. The van der Waals surface area contributed by atoms with Crippen molar-refractivity contribution in [2.24, 2.45) is 10.2 Å². The summed E-state index contributed by atoms with van der Waals surface area (Å²) in [5.74, 6) is 0.346. The van der Waals surface area contributed by atoms with Crippen LogP contribution in [-0.4, -0.2) is 21.9 Å². The number of nitro groups is 1. The SMILES string of the molecule is CN(Cc1ccccc1)c1ncnc(Nc2ccc(N=Nc3ccccc3)cc2)c1[N+](=O)[O-]. The fourth-order valence-corrected chi connectivity index (χ4v) is 3.20. The standard InChI is InChI=1S/C24H21N7O2/c1-30(16-18-8-4-2-5-9-18)24-22(31(32)33)23(25-17-26-24)27-19-12-14-21(15-13-19)29-28-20-10-6-3-7-11-20/h2-15,17H,16H2,1H3,(H,25,26,27).